The Labute approximate surface area is 94.8 Å². The molecule has 1 aromatic rings. The monoisotopic (exact) mass is 224 g/mol. The van der Waals surface area contributed by atoms with Crippen molar-refractivity contribution in [3.05, 3.63) is 23.8 Å². The van der Waals surface area contributed by atoms with Crippen LogP contribution in [0.3, 0.4) is 0 Å². The summed E-state index contributed by atoms with van der Waals surface area (Å²) in [5, 5.41) is 9.02. The van der Waals surface area contributed by atoms with E-state index in [-0.39, 0.29) is 5.56 Å². The third kappa shape index (κ3) is 2.89. The van der Waals surface area contributed by atoms with Gasteiger partial charge in [0.2, 0.25) is 0 Å². The van der Waals surface area contributed by atoms with Crippen LogP contribution >= 0.6 is 0 Å². The van der Waals surface area contributed by atoms with E-state index in [9.17, 15) is 4.79 Å². The number of benzene rings is 1. The summed E-state index contributed by atoms with van der Waals surface area (Å²) < 4.78 is 10.8. The number of para-hydroxylation sites is 1. The zero-order valence-corrected chi connectivity index (χ0v) is 9.53. The molecule has 0 fully saturated rings. The first kappa shape index (κ1) is 12.4. The maximum Gasteiger partial charge on any atom is 0.339 e. The number of rotatable bonds is 6. The standard InChI is InChI=1S/C12H16O4/c1-3-8-16-11-9(12(13)14)6-5-7-10(11)15-4-2/h5-7H,3-4,8H2,1-2H3,(H,13,14). The van der Waals surface area contributed by atoms with Crippen molar-refractivity contribution in [3.63, 3.8) is 0 Å². The van der Waals surface area contributed by atoms with Gasteiger partial charge in [0.05, 0.1) is 13.2 Å². The van der Waals surface area contributed by atoms with E-state index in [1.54, 1.807) is 12.1 Å². The van der Waals surface area contributed by atoms with Gasteiger partial charge in [-0.15, -0.1) is 0 Å². The van der Waals surface area contributed by atoms with E-state index in [2.05, 4.69) is 0 Å². The summed E-state index contributed by atoms with van der Waals surface area (Å²) >= 11 is 0. The molecule has 0 amide bonds. The fraction of sp³-hybridized carbons (Fsp3) is 0.417. The van der Waals surface area contributed by atoms with Crippen molar-refractivity contribution in [2.75, 3.05) is 13.2 Å². The fourth-order valence-electron chi connectivity index (χ4n) is 1.31. The van der Waals surface area contributed by atoms with Gasteiger partial charge in [-0.05, 0) is 25.5 Å². The van der Waals surface area contributed by atoms with Gasteiger partial charge in [0, 0.05) is 0 Å². The molecule has 88 valence electrons. The molecule has 0 aliphatic rings. The first-order chi connectivity index (χ1) is 7.70. The van der Waals surface area contributed by atoms with Gasteiger partial charge in [-0.3, -0.25) is 0 Å². The third-order valence-electron chi connectivity index (χ3n) is 1.96. The summed E-state index contributed by atoms with van der Waals surface area (Å²) in [6.07, 6.45) is 0.819. The summed E-state index contributed by atoms with van der Waals surface area (Å²) in [6, 6.07) is 4.87. The Hall–Kier alpha value is -1.71. The Bertz CT molecular complexity index is 360. The molecule has 1 rings (SSSR count). The normalized spacial score (nSPS) is 9.88. The summed E-state index contributed by atoms with van der Waals surface area (Å²) in [4.78, 5) is 11.0. The Balaban J connectivity index is 3.07. The highest BCUT2D eigenvalue weighted by molar-refractivity contribution is 5.92. The SMILES string of the molecule is CCCOc1c(OCC)cccc1C(=O)O. The molecule has 4 nitrogen and oxygen atoms in total. The number of ether oxygens (including phenoxy) is 2. The van der Waals surface area contributed by atoms with Crippen molar-refractivity contribution >= 4 is 5.97 Å². The second-order valence-corrected chi connectivity index (χ2v) is 3.22. The largest absolute Gasteiger partial charge is 0.490 e. The Morgan fingerprint density at radius 1 is 1.31 bits per heavy atom. The van der Waals surface area contributed by atoms with Gasteiger partial charge in [-0.2, -0.15) is 0 Å². The fourth-order valence-corrected chi connectivity index (χ4v) is 1.31. The first-order valence-corrected chi connectivity index (χ1v) is 5.32. The van der Waals surface area contributed by atoms with Crippen LogP contribution in [0, 0.1) is 0 Å². The molecule has 0 atom stereocenters. The van der Waals surface area contributed by atoms with Crippen LogP contribution in [-0.2, 0) is 0 Å². The van der Waals surface area contributed by atoms with Gasteiger partial charge >= 0.3 is 5.97 Å². The van der Waals surface area contributed by atoms with Gasteiger partial charge in [-0.1, -0.05) is 13.0 Å². The molecule has 4 heteroatoms. The van der Waals surface area contributed by atoms with Gasteiger partial charge in [0.1, 0.15) is 5.56 Å². The average Bonchev–Trinajstić information content (AvgIpc) is 2.27. The Morgan fingerprint density at radius 3 is 2.62 bits per heavy atom. The van der Waals surface area contributed by atoms with Gasteiger partial charge in [-0.25, -0.2) is 4.79 Å². The molecular formula is C12H16O4. The number of carboxylic acids is 1. The predicted octanol–water partition coefficient (Wildman–Crippen LogP) is 2.57. The molecule has 0 bridgehead atoms. The highest BCUT2D eigenvalue weighted by atomic mass is 16.5. The zero-order chi connectivity index (χ0) is 12.0. The number of hydrogen-bond donors (Lipinski definition) is 1. The topological polar surface area (TPSA) is 55.8 Å². The molecule has 0 radical (unpaired) electrons. The molecule has 0 unspecified atom stereocenters. The number of aromatic carboxylic acids is 1. The lowest BCUT2D eigenvalue weighted by molar-refractivity contribution is 0.0691. The average molecular weight is 224 g/mol. The maximum absolute atomic E-state index is 11.0. The van der Waals surface area contributed by atoms with E-state index in [1.807, 2.05) is 13.8 Å². The Morgan fingerprint density at radius 2 is 2.06 bits per heavy atom. The predicted molar refractivity (Wildman–Crippen MR) is 60.4 cm³/mol. The highest BCUT2D eigenvalue weighted by Gasteiger charge is 2.15. The maximum atomic E-state index is 11.0. The number of carbonyl (C=O) groups is 1. The van der Waals surface area contributed by atoms with Crippen LogP contribution in [0.2, 0.25) is 0 Å². The lowest BCUT2D eigenvalue weighted by Gasteiger charge is -2.13. The van der Waals surface area contributed by atoms with Crippen molar-refractivity contribution in [1.29, 1.82) is 0 Å². The van der Waals surface area contributed by atoms with E-state index in [4.69, 9.17) is 14.6 Å². The van der Waals surface area contributed by atoms with Crippen LogP contribution < -0.4 is 9.47 Å². The van der Waals surface area contributed by atoms with Crippen molar-refractivity contribution in [1.82, 2.24) is 0 Å². The van der Waals surface area contributed by atoms with E-state index in [0.717, 1.165) is 6.42 Å². The van der Waals surface area contributed by atoms with Crippen LogP contribution in [0.5, 0.6) is 11.5 Å². The zero-order valence-electron chi connectivity index (χ0n) is 9.53. The molecule has 0 aromatic heterocycles. The van der Waals surface area contributed by atoms with Gasteiger partial charge in [0.15, 0.2) is 11.5 Å². The minimum atomic E-state index is -1.01. The van der Waals surface area contributed by atoms with E-state index >= 15 is 0 Å². The second kappa shape index (κ2) is 6.00. The number of hydrogen-bond acceptors (Lipinski definition) is 3. The number of carboxylic acid groups (broad SMARTS) is 1. The molecule has 0 saturated carbocycles. The minimum absolute atomic E-state index is 0.138. The lowest BCUT2D eigenvalue weighted by atomic mass is 10.2. The van der Waals surface area contributed by atoms with E-state index in [1.165, 1.54) is 6.07 Å². The lowest BCUT2D eigenvalue weighted by Crippen LogP contribution is -2.06. The molecule has 1 aromatic carbocycles. The third-order valence-corrected chi connectivity index (χ3v) is 1.96. The van der Waals surface area contributed by atoms with Crippen molar-refractivity contribution in [2.24, 2.45) is 0 Å². The molecule has 16 heavy (non-hydrogen) atoms. The van der Waals surface area contributed by atoms with Crippen molar-refractivity contribution in [3.8, 4) is 11.5 Å². The summed E-state index contributed by atoms with van der Waals surface area (Å²) in [7, 11) is 0. The molecule has 0 aliphatic carbocycles. The highest BCUT2D eigenvalue weighted by Crippen LogP contribution is 2.31. The minimum Gasteiger partial charge on any atom is -0.490 e. The van der Waals surface area contributed by atoms with Crippen molar-refractivity contribution in [2.45, 2.75) is 20.3 Å². The summed E-state index contributed by atoms with van der Waals surface area (Å²) in [6.45, 7) is 4.76. The smallest absolute Gasteiger partial charge is 0.339 e. The van der Waals surface area contributed by atoms with Gasteiger partial charge < -0.3 is 14.6 Å². The van der Waals surface area contributed by atoms with E-state index < -0.39 is 5.97 Å². The molecule has 0 heterocycles. The first-order valence-electron chi connectivity index (χ1n) is 5.32. The molecule has 1 N–H and O–H groups in total. The molecule has 0 aliphatic heterocycles. The van der Waals surface area contributed by atoms with Crippen LogP contribution in [0.15, 0.2) is 18.2 Å². The summed E-state index contributed by atoms with van der Waals surface area (Å²) in [5.41, 5.74) is 0.138. The van der Waals surface area contributed by atoms with Gasteiger partial charge in [0.25, 0.3) is 0 Å². The van der Waals surface area contributed by atoms with E-state index in [0.29, 0.717) is 24.7 Å². The van der Waals surface area contributed by atoms with Crippen LogP contribution in [-0.4, -0.2) is 24.3 Å². The quantitative estimate of drug-likeness (QED) is 0.806. The molecule has 0 saturated heterocycles. The molecular weight excluding hydrogens is 208 g/mol. The molecule has 0 spiro atoms. The summed E-state index contributed by atoms with van der Waals surface area (Å²) in [5.74, 6) is -0.206. The second-order valence-electron chi connectivity index (χ2n) is 3.22. The van der Waals surface area contributed by atoms with Crippen molar-refractivity contribution < 1.29 is 19.4 Å². The van der Waals surface area contributed by atoms with Crippen LogP contribution in [0.4, 0.5) is 0 Å². The van der Waals surface area contributed by atoms with Crippen LogP contribution in [0.25, 0.3) is 0 Å². The Kier molecular flexibility index (Phi) is 4.64. The van der Waals surface area contributed by atoms with Crippen LogP contribution in [0.1, 0.15) is 30.6 Å².